The van der Waals surface area contributed by atoms with Crippen molar-refractivity contribution < 1.29 is 9.47 Å². The zero-order chi connectivity index (χ0) is 13.8. The third-order valence-electron chi connectivity index (χ3n) is 3.66. The fourth-order valence-electron chi connectivity index (χ4n) is 2.55. The molecule has 0 spiro atoms. The second-order valence-electron chi connectivity index (χ2n) is 4.99. The van der Waals surface area contributed by atoms with E-state index in [4.69, 9.17) is 21.1 Å². The van der Waals surface area contributed by atoms with Crippen molar-refractivity contribution in [2.45, 2.75) is 12.7 Å². The predicted molar refractivity (Wildman–Crippen MR) is 76.0 cm³/mol. The van der Waals surface area contributed by atoms with Gasteiger partial charge in [-0.25, -0.2) is 4.98 Å². The fraction of sp³-hybridized carbons (Fsp3) is 0.692. The summed E-state index contributed by atoms with van der Waals surface area (Å²) < 4.78 is 10.9. The molecule has 0 radical (unpaired) electrons. The lowest BCUT2D eigenvalue weighted by molar-refractivity contribution is -0.0516. The maximum atomic E-state index is 5.88. The molecule has 1 aromatic heterocycles. The van der Waals surface area contributed by atoms with Crippen LogP contribution in [0, 0.1) is 0 Å². The van der Waals surface area contributed by atoms with Gasteiger partial charge in [0.1, 0.15) is 11.0 Å². The van der Waals surface area contributed by atoms with Crippen molar-refractivity contribution in [2.24, 2.45) is 0 Å². The summed E-state index contributed by atoms with van der Waals surface area (Å²) in [6.07, 6.45) is 4.26. The number of halogens is 1. The highest BCUT2D eigenvalue weighted by molar-refractivity contribution is 6.29. The minimum Gasteiger partial charge on any atom is -0.353 e. The summed E-state index contributed by atoms with van der Waals surface area (Å²) in [7, 11) is 0. The van der Waals surface area contributed by atoms with Gasteiger partial charge in [-0.2, -0.15) is 0 Å². The van der Waals surface area contributed by atoms with E-state index in [1.807, 2.05) is 0 Å². The van der Waals surface area contributed by atoms with E-state index in [-0.39, 0.29) is 6.29 Å². The van der Waals surface area contributed by atoms with Crippen molar-refractivity contribution in [3.8, 4) is 0 Å². The lowest BCUT2D eigenvalue weighted by Crippen LogP contribution is -2.47. The van der Waals surface area contributed by atoms with Crippen LogP contribution >= 0.6 is 11.6 Å². The molecule has 2 fully saturated rings. The first-order chi connectivity index (χ1) is 9.81. The third-order valence-corrected chi connectivity index (χ3v) is 3.84. The van der Waals surface area contributed by atoms with Crippen LogP contribution in [0.15, 0.2) is 12.4 Å². The molecule has 3 heterocycles. The Kier molecular flexibility index (Phi) is 4.67. The number of piperazine rings is 1. The molecule has 0 amide bonds. The molecule has 0 N–H and O–H groups in total. The predicted octanol–water partition coefficient (Wildman–Crippen LogP) is 1.01. The Morgan fingerprint density at radius 3 is 2.60 bits per heavy atom. The van der Waals surface area contributed by atoms with Gasteiger partial charge in [0.15, 0.2) is 6.29 Å². The number of aromatic nitrogens is 2. The molecule has 0 unspecified atom stereocenters. The number of hydrogen-bond acceptors (Lipinski definition) is 6. The van der Waals surface area contributed by atoms with Gasteiger partial charge in [-0.3, -0.25) is 9.88 Å². The minimum atomic E-state index is -0.00757. The molecular weight excluding hydrogens is 280 g/mol. The lowest BCUT2D eigenvalue weighted by atomic mass is 10.3. The van der Waals surface area contributed by atoms with Gasteiger partial charge in [0.05, 0.1) is 25.6 Å². The van der Waals surface area contributed by atoms with E-state index < -0.39 is 0 Å². The average Bonchev–Trinajstić information content (AvgIpc) is 2.99. The minimum absolute atomic E-state index is 0.00757. The van der Waals surface area contributed by atoms with Crippen LogP contribution < -0.4 is 4.90 Å². The van der Waals surface area contributed by atoms with Gasteiger partial charge in [-0.1, -0.05) is 11.6 Å². The van der Waals surface area contributed by atoms with Crippen LogP contribution in [-0.2, 0) is 9.47 Å². The van der Waals surface area contributed by atoms with Gasteiger partial charge >= 0.3 is 0 Å². The third kappa shape index (κ3) is 3.58. The highest BCUT2D eigenvalue weighted by atomic mass is 35.5. The van der Waals surface area contributed by atoms with E-state index in [1.165, 1.54) is 0 Å². The van der Waals surface area contributed by atoms with Crippen LogP contribution in [0.2, 0.25) is 5.15 Å². The molecule has 0 aliphatic carbocycles. The Labute approximate surface area is 123 Å². The molecule has 110 valence electrons. The van der Waals surface area contributed by atoms with Crippen LogP contribution in [0.25, 0.3) is 0 Å². The van der Waals surface area contributed by atoms with Crippen molar-refractivity contribution in [2.75, 3.05) is 50.8 Å². The molecule has 20 heavy (non-hydrogen) atoms. The fourth-order valence-corrected chi connectivity index (χ4v) is 2.69. The zero-order valence-electron chi connectivity index (χ0n) is 11.4. The SMILES string of the molecule is Clc1cncc(N2CCN(CCC3OCCO3)CC2)n1. The van der Waals surface area contributed by atoms with E-state index in [2.05, 4.69) is 19.8 Å². The quantitative estimate of drug-likeness (QED) is 0.827. The zero-order valence-corrected chi connectivity index (χ0v) is 12.1. The largest absolute Gasteiger partial charge is 0.353 e. The van der Waals surface area contributed by atoms with Gasteiger partial charge in [-0.15, -0.1) is 0 Å². The van der Waals surface area contributed by atoms with Crippen molar-refractivity contribution in [3.63, 3.8) is 0 Å². The molecule has 2 aliphatic heterocycles. The summed E-state index contributed by atoms with van der Waals surface area (Å²) >= 11 is 5.88. The molecule has 7 heteroatoms. The molecule has 0 saturated carbocycles. The van der Waals surface area contributed by atoms with Gasteiger partial charge in [-0.05, 0) is 0 Å². The molecule has 0 atom stereocenters. The normalized spacial score (nSPS) is 21.6. The van der Waals surface area contributed by atoms with Crippen LogP contribution in [0.4, 0.5) is 5.82 Å². The molecule has 2 aliphatic rings. The van der Waals surface area contributed by atoms with E-state index in [0.717, 1.165) is 58.2 Å². The van der Waals surface area contributed by atoms with E-state index in [9.17, 15) is 0 Å². The molecule has 1 aromatic rings. The van der Waals surface area contributed by atoms with Crippen molar-refractivity contribution in [1.82, 2.24) is 14.9 Å². The summed E-state index contributed by atoms with van der Waals surface area (Å²) in [5.41, 5.74) is 0. The summed E-state index contributed by atoms with van der Waals surface area (Å²) in [5, 5.41) is 0.445. The highest BCUT2D eigenvalue weighted by Gasteiger charge is 2.21. The van der Waals surface area contributed by atoms with Gasteiger partial charge in [0.25, 0.3) is 0 Å². The first kappa shape index (κ1) is 14.0. The molecule has 3 rings (SSSR count). The van der Waals surface area contributed by atoms with Crippen LogP contribution in [0.5, 0.6) is 0 Å². The second kappa shape index (κ2) is 6.67. The topological polar surface area (TPSA) is 50.7 Å². The number of nitrogens with zero attached hydrogens (tertiary/aromatic N) is 4. The number of anilines is 1. The summed E-state index contributed by atoms with van der Waals surface area (Å²) in [4.78, 5) is 13.0. The maximum Gasteiger partial charge on any atom is 0.159 e. The van der Waals surface area contributed by atoms with Crippen LogP contribution in [-0.4, -0.2) is 67.1 Å². The standard InChI is InChI=1S/C13H19ClN4O2/c14-11-9-15-10-12(16-11)18-5-3-17(4-6-18)2-1-13-19-7-8-20-13/h9-10,13H,1-8H2. The first-order valence-corrected chi connectivity index (χ1v) is 7.37. The smallest absolute Gasteiger partial charge is 0.159 e. The Hall–Kier alpha value is -0.950. The van der Waals surface area contributed by atoms with Crippen LogP contribution in [0.3, 0.4) is 0 Å². The second-order valence-corrected chi connectivity index (χ2v) is 5.38. The summed E-state index contributed by atoms with van der Waals surface area (Å²) in [5.74, 6) is 0.861. The molecule has 2 saturated heterocycles. The van der Waals surface area contributed by atoms with Gasteiger partial charge in [0, 0.05) is 39.1 Å². The summed E-state index contributed by atoms with van der Waals surface area (Å²) in [6.45, 7) is 6.39. The monoisotopic (exact) mass is 298 g/mol. The number of hydrogen-bond donors (Lipinski definition) is 0. The van der Waals surface area contributed by atoms with Gasteiger partial charge < -0.3 is 14.4 Å². The Bertz CT molecular complexity index is 434. The average molecular weight is 299 g/mol. The number of rotatable bonds is 4. The molecule has 0 bridgehead atoms. The van der Waals surface area contributed by atoms with E-state index in [1.54, 1.807) is 12.4 Å². The summed E-state index contributed by atoms with van der Waals surface area (Å²) in [6, 6.07) is 0. The van der Waals surface area contributed by atoms with Crippen LogP contribution in [0.1, 0.15) is 6.42 Å². The Morgan fingerprint density at radius 1 is 1.15 bits per heavy atom. The van der Waals surface area contributed by atoms with E-state index >= 15 is 0 Å². The van der Waals surface area contributed by atoms with Crippen molar-refractivity contribution in [3.05, 3.63) is 17.5 Å². The van der Waals surface area contributed by atoms with Gasteiger partial charge in [0.2, 0.25) is 0 Å². The molecular formula is C13H19ClN4O2. The van der Waals surface area contributed by atoms with Crippen molar-refractivity contribution >= 4 is 17.4 Å². The number of ether oxygens (including phenoxy) is 2. The van der Waals surface area contributed by atoms with Crippen molar-refractivity contribution in [1.29, 1.82) is 0 Å². The Morgan fingerprint density at radius 2 is 1.90 bits per heavy atom. The van der Waals surface area contributed by atoms with E-state index in [0.29, 0.717) is 5.15 Å². The molecule has 6 nitrogen and oxygen atoms in total. The lowest BCUT2D eigenvalue weighted by Gasteiger charge is -2.35. The highest BCUT2D eigenvalue weighted by Crippen LogP contribution is 2.16. The Balaban J connectivity index is 1.44. The maximum absolute atomic E-state index is 5.88. The first-order valence-electron chi connectivity index (χ1n) is 6.99. The molecule has 0 aromatic carbocycles.